The Bertz CT molecular complexity index is 492. The second-order valence-electron chi connectivity index (χ2n) is 4.04. The second kappa shape index (κ2) is 5.22. The molecule has 96 valence electrons. The highest BCUT2D eigenvalue weighted by atomic mass is 35.5. The van der Waals surface area contributed by atoms with Crippen molar-refractivity contribution < 1.29 is 9.59 Å². The van der Waals surface area contributed by atoms with Gasteiger partial charge in [0.05, 0.1) is 24.0 Å². The first kappa shape index (κ1) is 12.6. The minimum absolute atomic E-state index is 0.0317. The maximum Gasteiger partial charge on any atom is 0.257 e. The molecule has 0 saturated carbocycles. The standard InChI is InChI=1S/C11H13ClN4O2/c12-10-8(4-7(13)5-15-10)11(18)16-3-1-2-14-9(17)6-16/h4-5H,1-3,6,13H2,(H,14,17). The van der Waals surface area contributed by atoms with E-state index in [9.17, 15) is 9.59 Å². The lowest BCUT2D eigenvalue weighted by Gasteiger charge is -2.19. The molecule has 18 heavy (non-hydrogen) atoms. The molecule has 1 saturated heterocycles. The Kier molecular flexibility index (Phi) is 3.66. The quantitative estimate of drug-likeness (QED) is 0.716. The molecule has 7 heteroatoms. The third-order valence-electron chi connectivity index (χ3n) is 2.64. The zero-order valence-electron chi connectivity index (χ0n) is 9.65. The average Bonchev–Trinajstić information content (AvgIpc) is 2.56. The van der Waals surface area contributed by atoms with Crippen molar-refractivity contribution in [2.75, 3.05) is 25.4 Å². The number of nitrogens with two attached hydrogens (primary N) is 1. The summed E-state index contributed by atoms with van der Waals surface area (Å²) in [5.74, 6) is -0.495. The van der Waals surface area contributed by atoms with Gasteiger partial charge in [0.15, 0.2) is 0 Å². The maximum absolute atomic E-state index is 12.2. The van der Waals surface area contributed by atoms with Crippen LogP contribution in [-0.4, -0.2) is 41.3 Å². The first-order chi connectivity index (χ1) is 8.58. The molecule has 2 amide bonds. The number of carbonyl (C=O) groups excluding carboxylic acids is 2. The minimum atomic E-state index is -0.322. The predicted molar refractivity (Wildman–Crippen MR) is 67.2 cm³/mol. The highest BCUT2D eigenvalue weighted by Crippen LogP contribution is 2.18. The van der Waals surface area contributed by atoms with Crippen molar-refractivity contribution in [2.24, 2.45) is 0 Å². The molecule has 3 N–H and O–H groups in total. The zero-order chi connectivity index (χ0) is 13.1. The summed E-state index contributed by atoms with van der Waals surface area (Å²) in [6, 6.07) is 1.47. The van der Waals surface area contributed by atoms with Crippen LogP contribution in [0.15, 0.2) is 12.3 Å². The monoisotopic (exact) mass is 268 g/mol. The van der Waals surface area contributed by atoms with Gasteiger partial charge < -0.3 is 16.0 Å². The van der Waals surface area contributed by atoms with Gasteiger partial charge in [-0.2, -0.15) is 0 Å². The molecule has 0 spiro atoms. The van der Waals surface area contributed by atoms with Crippen LogP contribution in [0.3, 0.4) is 0 Å². The molecule has 0 bridgehead atoms. The summed E-state index contributed by atoms with van der Waals surface area (Å²) in [4.78, 5) is 28.9. The van der Waals surface area contributed by atoms with Crippen molar-refractivity contribution in [2.45, 2.75) is 6.42 Å². The predicted octanol–water partition coefficient (Wildman–Crippen LogP) is 0.279. The average molecular weight is 269 g/mol. The number of hydrogen-bond donors (Lipinski definition) is 2. The summed E-state index contributed by atoms with van der Waals surface area (Å²) in [5.41, 5.74) is 6.17. The van der Waals surface area contributed by atoms with Gasteiger partial charge in [0.1, 0.15) is 5.15 Å². The van der Waals surface area contributed by atoms with Crippen LogP contribution in [0.4, 0.5) is 5.69 Å². The number of rotatable bonds is 1. The number of nitrogens with one attached hydrogen (secondary N) is 1. The van der Waals surface area contributed by atoms with Crippen LogP contribution in [0.2, 0.25) is 5.15 Å². The summed E-state index contributed by atoms with van der Waals surface area (Å²) < 4.78 is 0. The van der Waals surface area contributed by atoms with Crippen LogP contribution >= 0.6 is 11.6 Å². The number of nitrogens with zero attached hydrogens (tertiary/aromatic N) is 2. The molecular formula is C11H13ClN4O2. The Morgan fingerprint density at radius 2 is 2.33 bits per heavy atom. The summed E-state index contributed by atoms with van der Waals surface area (Å²) in [6.07, 6.45) is 2.10. The molecule has 1 aliphatic rings. The van der Waals surface area contributed by atoms with Crippen LogP contribution in [0, 0.1) is 0 Å². The summed E-state index contributed by atoms with van der Waals surface area (Å²) in [6.45, 7) is 1.11. The van der Waals surface area contributed by atoms with Crippen molar-refractivity contribution in [3.05, 3.63) is 23.0 Å². The first-order valence-corrected chi connectivity index (χ1v) is 5.92. The van der Waals surface area contributed by atoms with Gasteiger partial charge >= 0.3 is 0 Å². The number of anilines is 1. The Morgan fingerprint density at radius 3 is 3.11 bits per heavy atom. The van der Waals surface area contributed by atoms with Gasteiger partial charge in [0.2, 0.25) is 5.91 Å². The van der Waals surface area contributed by atoms with Crippen LogP contribution in [-0.2, 0) is 4.79 Å². The van der Waals surface area contributed by atoms with Crippen LogP contribution in [0.25, 0.3) is 0 Å². The third-order valence-corrected chi connectivity index (χ3v) is 2.94. The first-order valence-electron chi connectivity index (χ1n) is 5.55. The van der Waals surface area contributed by atoms with Crippen molar-refractivity contribution >= 4 is 29.1 Å². The fourth-order valence-corrected chi connectivity index (χ4v) is 1.95. The number of nitrogen functional groups attached to an aromatic ring is 1. The molecule has 0 unspecified atom stereocenters. The van der Waals surface area contributed by atoms with Crippen LogP contribution in [0.1, 0.15) is 16.8 Å². The van der Waals surface area contributed by atoms with E-state index in [-0.39, 0.29) is 29.1 Å². The number of aromatic nitrogens is 1. The summed E-state index contributed by atoms with van der Waals surface area (Å²) >= 11 is 5.87. The number of halogens is 1. The lowest BCUT2D eigenvalue weighted by molar-refractivity contribution is -0.121. The van der Waals surface area contributed by atoms with E-state index in [1.165, 1.54) is 17.2 Å². The number of carbonyl (C=O) groups is 2. The Hall–Kier alpha value is -1.82. The topological polar surface area (TPSA) is 88.3 Å². The van der Waals surface area contributed by atoms with Crippen molar-refractivity contribution in [1.29, 1.82) is 0 Å². The van der Waals surface area contributed by atoms with Gasteiger partial charge in [-0.1, -0.05) is 11.6 Å². The van der Waals surface area contributed by atoms with E-state index in [4.69, 9.17) is 17.3 Å². The molecule has 2 heterocycles. The van der Waals surface area contributed by atoms with Crippen molar-refractivity contribution in [3.8, 4) is 0 Å². The van der Waals surface area contributed by atoms with E-state index in [0.717, 1.165) is 0 Å². The second-order valence-corrected chi connectivity index (χ2v) is 4.40. The maximum atomic E-state index is 12.2. The highest BCUT2D eigenvalue weighted by molar-refractivity contribution is 6.32. The highest BCUT2D eigenvalue weighted by Gasteiger charge is 2.23. The van der Waals surface area contributed by atoms with Crippen molar-refractivity contribution in [1.82, 2.24) is 15.2 Å². The van der Waals surface area contributed by atoms with Gasteiger partial charge in [-0.05, 0) is 12.5 Å². The molecular weight excluding hydrogens is 256 g/mol. The molecule has 6 nitrogen and oxygen atoms in total. The van der Waals surface area contributed by atoms with Crippen molar-refractivity contribution in [3.63, 3.8) is 0 Å². The Morgan fingerprint density at radius 1 is 1.56 bits per heavy atom. The molecule has 1 aliphatic heterocycles. The number of pyridine rings is 1. The molecule has 0 aromatic carbocycles. The van der Waals surface area contributed by atoms with Gasteiger partial charge in [-0.15, -0.1) is 0 Å². The molecule has 0 aliphatic carbocycles. The number of amides is 2. The SMILES string of the molecule is Nc1cnc(Cl)c(C(=O)N2CCCNC(=O)C2)c1. The fraction of sp³-hybridized carbons (Fsp3) is 0.364. The van der Waals surface area contributed by atoms with E-state index < -0.39 is 0 Å². The molecule has 2 rings (SSSR count). The van der Waals surface area contributed by atoms with E-state index in [0.29, 0.717) is 25.2 Å². The largest absolute Gasteiger partial charge is 0.397 e. The van der Waals surface area contributed by atoms with Gasteiger partial charge in [-0.3, -0.25) is 9.59 Å². The lowest BCUT2D eigenvalue weighted by Crippen LogP contribution is -2.37. The zero-order valence-corrected chi connectivity index (χ0v) is 10.4. The fourth-order valence-electron chi connectivity index (χ4n) is 1.76. The third kappa shape index (κ3) is 2.70. The van der Waals surface area contributed by atoms with Crippen LogP contribution < -0.4 is 11.1 Å². The van der Waals surface area contributed by atoms with Crippen LogP contribution in [0.5, 0.6) is 0 Å². The summed E-state index contributed by atoms with van der Waals surface area (Å²) in [7, 11) is 0. The van der Waals surface area contributed by atoms with E-state index in [2.05, 4.69) is 10.3 Å². The molecule has 1 aromatic heterocycles. The van der Waals surface area contributed by atoms with Gasteiger partial charge in [-0.25, -0.2) is 4.98 Å². The van der Waals surface area contributed by atoms with Gasteiger partial charge in [0.25, 0.3) is 5.91 Å². The lowest BCUT2D eigenvalue weighted by atomic mass is 10.2. The smallest absolute Gasteiger partial charge is 0.257 e. The Balaban J connectivity index is 2.24. The van der Waals surface area contributed by atoms with E-state index in [1.807, 2.05) is 0 Å². The number of hydrogen-bond acceptors (Lipinski definition) is 4. The summed E-state index contributed by atoms with van der Waals surface area (Å²) in [5, 5.41) is 2.80. The molecule has 1 fully saturated rings. The van der Waals surface area contributed by atoms with E-state index >= 15 is 0 Å². The molecule has 0 radical (unpaired) electrons. The normalized spacial score (nSPS) is 16.1. The van der Waals surface area contributed by atoms with E-state index in [1.54, 1.807) is 0 Å². The Labute approximate surface area is 109 Å². The minimum Gasteiger partial charge on any atom is -0.397 e. The molecule has 1 aromatic rings. The molecule has 0 atom stereocenters. The van der Waals surface area contributed by atoms with Gasteiger partial charge in [0, 0.05) is 13.1 Å².